The zero-order valence-corrected chi connectivity index (χ0v) is 7.95. The molecule has 0 heterocycles. The SMILES string of the molecule is CCOc1ccc(C(C)O)cc1N. The van der Waals surface area contributed by atoms with Crippen LogP contribution in [0.2, 0.25) is 0 Å². The van der Waals surface area contributed by atoms with Crippen molar-refractivity contribution in [3.05, 3.63) is 23.8 Å². The molecule has 0 saturated heterocycles. The molecule has 0 saturated carbocycles. The minimum atomic E-state index is -0.488. The van der Waals surface area contributed by atoms with Crippen molar-refractivity contribution >= 4 is 5.69 Å². The van der Waals surface area contributed by atoms with Crippen molar-refractivity contribution in [1.29, 1.82) is 0 Å². The van der Waals surface area contributed by atoms with Crippen LogP contribution < -0.4 is 10.5 Å². The molecule has 1 rings (SSSR count). The maximum absolute atomic E-state index is 9.27. The third-order valence-corrected chi connectivity index (χ3v) is 1.82. The Kier molecular flexibility index (Phi) is 3.14. The summed E-state index contributed by atoms with van der Waals surface area (Å²) in [5.74, 6) is 0.673. The van der Waals surface area contributed by atoms with Gasteiger partial charge in [-0.2, -0.15) is 0 Å². The Balaban J connectivity index is 2.92. The normalized spacial score (nSPS) is 12.5. The van der Waals surface area contributed by atoms with Gasteiger partial charge in [0.2, 0.25) is 0 Å². The Labute approximate surface area is 78.1 Å². The Morgan fingerprint density at radius 1 is 1.54 bits per heavy atom. The van der Waals surface area contributed by atoms with Gasteiger partial charge < -0.3 is 15.6 Å². The molecule has 1 aromatic rings. The van der Waals surface area contributed by atoms with Crippen LogP contribution in [-0.4, -0.2) is 11.7 Å². The largest absolute Gasteiger partial charge is 0.492 e. The van der Waals surface area contributed by atoms with Gasteiger partial charge in [-0.05, 0) is 31.5 Å². The van der Waals surface area contributed by atoms with E-state index in [1.807, 2.05) is 13.0 Å². The first kappa shape index (κ1) is 9.86. The smallest absolute Gasteiger partial charge is 0.142 e. The fourth-order valence-corrected chi connectivity index (χ4v) is 1.11. The Morgan fingerprint density at radius 2 is 2.23 bits per heavy atom. The fraction of sp³-hybridized carbons (Fsp3) is 0.400. The number of aliphatic hydroxyl groups excluding tert-OH is 1. The lowest BCUT2D eigenvalue weighted by molar-refractivity contribution is 0.199. The highest BCUT2D eigenvalue weighted by atomic mass is 16.5. The van der Waals surface area contributed by atoms with E-state index in [0.29, 0.717) is 18.0 Å². The average molecular weight is 181 g/mol. The van der Waals surface area contributed by atoms with E-state index < -0.39 is 6.10 Å². The van der Waals surface area contributed by atoms with E-state index >= 15 is 0 Å². The molecule has 1 atom stereocenters. The second kappa shape index (κ2) is 4.14. The van der Waals surface area contributed by atoms with E-state index in [0.717, 1.165) is 5.56 Å². The van der Waals surface area contributed by atoms with E-state index in [1.165, 1.54) is 0 Å². The lowest BCUT2D eigenvalue weighted by atomic mass is 10.1. The van der Waals surface area contributed by atoms with Gasteiger partial charge in [0.05, 0.1) is 18.4 Å². The highest BCUT2D eigenvalue weighted by Crippen LogP contribution is 2.25. The van der Waals surface area contributed by atoms with E-state index in [-0.39, 0.29) is 0 Å². The quantitative estimate of drug-likeness (QED) is 0.698. The zero-order valence-electron chi connectivity index (χ0n) is 7.95. The summed E-state index contributed by atoms with van der Waals surface area (Å²) in [7, 11) is 0. The van der Waals surface area contributed by atoms with Crippen molar-refractivity contribution in [2.24, 2.45) is 0 Å². The molecule has 0 aliphatic heterocycles. The fourth-order valence-electron chi connectivity index (χ4n) is 1.11. The highest BCUT2D eigenvalue weighted by molar-refractivity contribution is 5.54. The molecule has 0 aromatic heterocycles. The predicted octanol–water partition coefficient (Wildman–Crippen LogP) is 1.72. The molecule has 13 heavy (non-hydrogen) atoms. The number of aliphatic hydroxyl groups is 1. The first-order chi connectivity index (χ1) is 6.15. The van der Waals surface area contributed by atoms with Gasteiger partial charge in [-0.3, -0.25) is 0 Å². The van der Waals surface area contributed by atoms with Crippen LogP contribution in [-0.2, 0) is 0 Å². The number of rotatable bonds is 3. The van der Waals surface area contributed by atoms with Crippen LogP contribution in [0.5, 0.6) is 5.75 Å². The molecule has 0 bridgehead atoms. The van der Waals surface area contributed by atoms with Gasteiger partial charge in [-0.25, -0.2) is 0 Å². The van der Waals surface area contributed by atoms with Gasteiger partial charge in [-0.15, -0.1) is 0 Å². The summed E-state index contributed by atoms with van der Waals surface area (Å²) in [5, 5.41) is 9.27. The lowest BCUT2D eigenvalue weighted by Gasteiger charge is -2.10. The molecule has 3 nitrogen and oxygen atoms in total. The van der Waals surface area contributed by atoms with Gasteiger partial charge in [0.25, 0.3) is 0 Å². The number of hydrogen-bond donors (Lipinski definition) is 2. The third kappa shape index (κ3) is 2.36. The van der Waals surface area contributed by atoms with Gasteiger partial charge in [-0.1, -0.05) is 6.07 Å². The van der Waals surface area contributed by atoms with Gasteiger partial charge in [0, 0.05) is 0 Å². The lowest BCUT2D eigenvalue weighted by Crippen LogP contribution is -1.99. The standard InChI is InChI=1S/C10H15NO2/c1-3-13-10-5-4-8(7(2)12)6-9(10)11/h4-7,12H,3,11H2,1-2H3. The highest BCUT2D eigenvalue weighted by Gasteiger charge is 2.04. The van der Waals surface area contributed by atoms with Crippen LogP contribution in [0.1, 0.15) is 25.5 Å². The zero-order chi connectivity index (χ0) is 9.84. The second-order valence-corrected chi connectivity index (χ2v) is 2.91. The molecular weight excluding hydrogens is 166 g/mol. The van der Waals surface area contributed by atoms with E-state index in [9.17, 15) is 5.11 Å². The predicted molar refractivity (Wildman–Crippen MR) is 52.7 cm³/mol. The molecule has 0 aliphatic rings. The number of nitrogens with two attached hydrogens (primary N) is 1. The van der Waals surface area contributed by atoms with Gasteiger partial charge in [0.1, 0.15) is 5.75 Å². The molecule has 1 unspecified atom stereocenters. The third-order valence-electron chi connectivity index (χ3n) is 1.82. The molecule has 72 valence electrons. The van der Waals surface area contributed by atoms with Crippen LogP contribution in [0.3, 0.4) is 0 Å². The molecule has 0 spiro atoms. The van der Waals surface area contributed by atoms with Gasteiger partial charge in [0.15, 0.2) is 0 Å². The van der Waals surface area contributed by atoms with E-state index in [4.69, 9.17) is 10.5 Å². The first-order valence-electron chi connectivity index (χ1n) is 4.35. The van der Waals surface area contributed by atoms with E-state index in [1.54, 1.807) is 19.1 Å². The van der Waals surface area contributed by atoms with Crippen LogP contribution in [0, 0.1) is 0 Å². The number of ether oxygens (including phenoxy) is 1. The molecule has 1 aromatic carbocycles. The summed E-state index contributed by atoms with van der Waals surface area (Å²) in [4.78, 5) is 0. The monoisotopic (exact) mass is 181 g/mol. The summed E-state index contributed by atoms with van der Waals surface area (Å²) < 4.78 is 5.26. The molecule has 0 radical (unpaired) electrons. The molecule has 0 fully saturated rings. The summed E-state index contributed by atoms with van der Waals surface area (Å²) in [6.45, 7) is 4.20. The summed E-state index contributed by atoms with van der Waals surface area (Å²) in [6, 6.07) is 5.32. The number of hydrogen-bond acceptors (Lipinski definition) is 3. The number of anilines is 1. The van der Waals surface area contributed by atoms with Crippen LogP contribution in [0.15, 0.2) is 18.2 Å². The average Bonchev–Trinajstić information content (AvgIpc) is 2.08. The number of nitrogen functional groups attached to an aromatic ring is 1. The summed E-state index contributed by atoms with van der Waals surface area (Å²) in [5.41, 5.74) is 7.09. The Bertz CT molecular complexity index is 284. The molecule has 3 heteroatoms. The minimum absolute atomic E-state index is 0.488. The summed E-state index contributed by atoms with van der Waals surface area (Å²) in [6.07, 6.45) is -0.488. The molecule has 3 N–H and O–H groups in total. The topological polar surface area (TPSA) is 55.5 Å². The van der Waals surface area contributed by atoms with Crippen molar-refractivity contribution < 1.29 is 9.84 Å². The Morgan fingerprint density at radius 3 is 2.69 bits per heavy atom. The Hall–Kier alpha value is -1.22. The van der Waals surface area contributed by atoms with Crippen molar-refractivity contribution in [3.63, 3.8) is 0 Å². The van der Waals surface area contributed by atoms with E-state index in [2.05, 4.69) is 0 Å². The van der Waals surface area contributed by atoms with Crippen LogP contribution >= 0.6 is 0 Å². The van der Waals surface area contributed by atoms with Crippen molar-refractivity contribution in [3.8, 4) is 5.75 Å². The number of benzene rings is 1. The first-order valence-corrected chi connectivity index (χ1v) is 4.35. The van der Waals surface area contributed by atoms with Crippen molar-refractivity contribution in [2.75, 3.05) is 12.3 Å². The maximum Gasteiger partial charge on any atom is 0.142 e. The summed E-state index contributed by atoms with van der Waals surface area (Å²) >= 11 is 0. The van der Waals surface area contributed by atoms with Crippen molar-refractivity contribution in [2.45, 2.75) is 20.0 Å². The molecular formula is C10H15NO2. The molecule has 0 amide bonds. The van der Waals surface area contributed by atoms with Crippen LogP contribution in [0.25, 0.3) is 0 Å². The van der Waals surface area contributed by atoms with Crippen LogP contribution in [0.4, 0.5) is 5.69 Å². The van der Waals surface area contributed by atoms with Gasteiger partial charge >= 0.3 is 0 Å². The second-order valence-electron chi connectivity index (χ2n) is 2.91. The van der Waals surface area contributed by atoms with Crippen molar-refractivity contribution in [1.82, 2.24) is 0 Å². The maximum atomic E-state index is 9.27. The minimum Gasteiger partial charge on any atom is -0.492 e. The molecule has 0 aliphatic carbocycles.